The van der Waals surface area contributed by atoms with Crippen LogP contribution in [0.3, 0.4) is 0 Å². The monoisotopic (exact) mass is 573 g/mol. The van der Waals surface area contributed by atoms with Crippen molar-refractivity contribution < 1.29 is 23.0 Å². The van der Waals surface area contributed by atoms with Gasteiger partial charge in [-0.15, -0.1) is 8.78 Å². The van der Waals surface area contributed by atoms with Gasteiger partial charge in [-0.2, -0.15) is 0 Å². The molecule has 4 rings (SSSR count). The van der Waals surface area contributed by atoms with E-state index in [1.165, 1.54) is 0 Å². The Balaban J connectivity index is 0.00000104. The van der Waals surface area contributed by atoms with Gasteiger partial charge in [0.1, 0.15) is 5.78 Å². The number of carbonyl (C=O) groups excluding carboxylic acids is 1. The maximum absolute atomic E-state index is 13.2. The Hall–Kier alpha value is -2.69. The van der Waals surface area contributed by atoms with Crippen LogP contribution in [0.4, 0.5) is 8.78 Å². The molecule has 136 valence electrons. The van der Waals surface area contributed by atoms with E-state index in [-0.39, 0.29) is 36.2 Å². The predicted octanol–water partition coefficient (Wildman–Crippen LogP) is 3.15. The number of benzene rings is 1. The van der Waals surface area contributed by atoms with Crippen LogP contribution in [0.5, 0.6) is 11.5 Å². The van der Waals surface area contributed by atoms with Crippen LogP contribution in [0.25, 0.3) is 0 Å². The maximum atomic E-state index is 13.2. The molecule has 7 heteroatoms. The number of fused-ring (bicyclic) bond motifs is 2. The maximum Gasteiger partial charge on any atom is 0.586 e. The normalized spacial score (nSPS) is 30.3. The molecule has 0 unspecified atom stereocenters. The molecule has 0 amide bonds. The molecule has 0 radical (unpaired) electrons. The number of halogens is 2. The van der Waals surface area contributed by atoms with Crippen molar-refractivity contribution in [1.82, 2.24) is 4.90 Å². The molecule has 24 heavy (non-hydrogen) atoms. The van der Waals surface area contributed by atoms with Crippen LogP contribution < -0.4 is 9.47 Å². The minimum absolute atomic E-state index is 0. The van der Waals surface area contributed by atoms with Gasteiger partial charge in [0.2, 0.25) is 0 Å². The standard InChI is InChI=1S/C16H17F2NO3.CH3.Cf/c1-19-7-6-15(5-4-11(20)9-14(15)19)10-2-3-12-13(8-10)22-16(17,18)21-12;;/h2-3,8,14H,4-7,9H2,1H3;1H3;/q;-1;/t14-,15-;;/m0../s1. The van der Waals surface area contributed by atoms with E-state index in [9.17, 15) is 13.6 Å². The van der Waals surface area contributed by atoms with E-state index in [2.05, 4.69) is 14.4 Å². The molecule has 1 aromatic carbocycles. The fraction of sp³-hybridized carbons (Fsp3) is 0.529. The molecule has 1 saturated carbocycles. The fourth-order valence-corrected chi connectivity index (χ4v) is 4.18. The molecule has 0 aromatic heterocycles. The molecule has 4 nitrogen and oxygen atoms in total. The Morgan fingerprint density at radius 2 is 1.92 bits per heavy atom. The third-order valence-electron chi connectivity index (χ3n) is 5.33. The van der Waals surface area contributed by atoms with E-state index < -0.39 is 6.29 Å². The zero-order valence-corrected chi connectivity index (χ0v) is 16.2. The Morgan fingerprint density at radius 3 is 2.67 bits per heavy atom. The summed E-state index contributed by atoms with van der Waals surface area (Å²) in [5.74, 6) is 0.434. The molecule has 1 aromatic rings. The van der Waals surface area contributed by atoms with Gasteiger partial charge in [0.05, 0.1) is 0 Å². The van der Waals surface area contributed by atoms with Gasteiger partial charge < -0.3 is 21.8 Å². The predicted molar refractivity (Wildman–Crippen MR) is 80.6 cm³/mol. The molecule has 2 atom stereocenters. The number of likely N-dealkylation sites (N-methyl/N-ethyl adjacent to an activating group) is 1. The number of rotatable bonds is 1. The first-order chi connectivity index (χ1) is 10.4. The molecule has 2 aliphatic heterocycles. The summed E-state index contributed by atoms with van der Waals surface area (Å²) in [6.07, 6.45) is -0.822. The number of likely N-dealkylation sites (tertiary alicyclic amines) is 1. The van der Waals surface area contributed by atoms with Crippen LogP contribution in [0.2, 0.25) is 0 Å². The quantitative estimate of drug-likeness (QED) is 0.483. The number of ether oxygens (including phenoxy) is 2. The average molecular weight is 575 g/mol. The van der Waals surface area contributed by atoms with Gasteiger partial charge in [0.25, 0.3) is 0 Å². The molecular weight excluding hydrogens is 555 g/mol. The van der Waals surface area contributed by atoms with Crippen molar-refractivity contribution in [3.05, 3.63) is 31.2 Å². The number of hydrogen-bond donors (Lipinski definition) is 0. The summed E-state index contributed by atoms with van der Waals surface area (Å²) in [6.45, 7) is 0.905. The Labute approximate surface area is 134 Å². The zero-order chi connectivity index (χ0) is 15.5. The molecule has 2 heterocycles. The summed E-state index contributed by atoms with van der Waals surface area (Å²) in [5, 5.41) is 0. The second-order valence-electron chi connectivity index (χ2n) is 6.47. The Morgan fingerprint density at radius 1 is 1.21 bits per heavy atom. The van der Waals surface area contributed by atoms with E-state index in [4.69, 9.17) is 0 Å². The van der Waals surface area contributed by atoms with Crippen LogP contribution in [0, 0.1) is 7.43 Å². The van der Waals surface area contributed by atoms with E-state index in [1.54, 1.807) is 12.1 Å². The summed E-state index contributed by atoms with van der Waals surface area (Å²) >= 11 is 0. The van der Waals surface area contributed by atoms with Crippen LogP contribution in [0.15, 0.2) is 18.2 Å². The molecule has 0 spiro atoms. The topological polar surface area (TPSA) is 38.8 Å². The third-order valence-corrected chi connectivity index (χ3v) is 5.33. The second kappa shape index (κ2) is 5.44. The number of nitrogens with zero attached hydrogens (tertiary/aromatic N) is 1. The SMILES string of the molecule is CN1CC[C@]2(c3ccc4c(c3)OC(F)(F)O4)CCC(=O)C[C@H]12.[CH3-].[Cf]. The van der Waals surface area contributed by atoms with Crippen molar-refractivity contribution in [3.63, 3.8) is 0 Å². The van der Waals surface area contributed by atoms with Crippen molar-refractivity contribution in [2.24, 2.45) is 0 Å². The van der Waals surface area contributed by atoms with E-state index in [1.807, 2.05) is 13.1 Å². The van der Waals surface area contributed by atoms with Crippen LogP contribution in [0.1, 0.15) is 31.2 Å². The fourth-order valence-electron chi connectivity index (χ4n) is 4.18. The molecule has 1 saturated heterocycles. The minimum Gasteiger partial charge on any atom is -0.395 e. The van der Waals surface area contributed by atoms with Crippen molar-refractivity contribution >= 4 is 5.78 Å². The second-order valence-corrected chi connectivity index (χ2v) is 6.47. The first-order valence-electron chi connectivity index (χ1n) is 7.52. The summed E-state index contributed by atoms with van der Waals surface area (Å²) in [5.41, 5.74) is 0.813. The number of carbonyl (C=O) groups is 1. The summed E-state index contributed by atoms with van der Waals surface area (Å²) < 4.78 is 35.4. The summed E-state index contributed by atoms with van der Waals surface area (Å²) in [7, 11) is 2.02. The smallest absolute Gasteiger partial charge is 0.395 e. The van der Waals surface area contributed by atoms with Crippen molar-refractivity contribution in [2.45, 2.75) is 43.4 Å². The summed E-state index contributed by atoms with van der Waals surface area (Å²) in [6, 6.07) is 5.19. The average Bonchev–Trinajstić information content (AvgIpc) is 2.95. The molecule has 1 aliphatic carbocycles. The Kier molecular flexibility index (Phi) is 4.00. The minimum atomic E-state index is -3.59. The number of Topliss-reactive ketones (excluding diaryl/α,β-unsaturated/α-hetero) is 1. The first kappa shape index (κ1) is 17.7. The van der Waals surface area contributed by atoms with E-state index in [0.29, 0.717) is 12.8 Å². The first-order valence-corrected chi connectivity index (χ1v) is 7.52. The van der Waals surface area contributed by atoms with Gasteiger partial charge in [0, 0.05) is 24.3 Å². The van der Waals surface area contributed by atoms with Crippen molar-refractivity contribution in [3.8, 4) is 11.5 Å². The van der Waals surface area contributed by atoms with Gasteiger partial charge in [-0.25, -0.2) is 0 Å². The van der Waals surface area contributed by atoms with E-state index in [0.717, 1.165) is 24.9 Å². The zero-order valence-electron chi connectivity index (χ0n) is 13.6. The van der Waals surface area contributed by atoms with Gasteiger partial charge in [-0.3, -0.25) is 4.79 Å². The Bertz CT molecular complexity index is 655. The van der Waals surface area contributed by atoms with Crippen LogP contribution in [-0.2, 0) is 10.2 Å². The van der Waals surface area contributed by atoms with Crippen LogP contribution in [-0.4, -0.2) is 36.6 Å². The van der Waals surface area contributed by atoms with Gasteiger partial charge >= 0.3 is 6.29 Å². The largest absolute Gasteiger partial charge is 0.586 e. The van der Waals surface area contributed by atoms with Gasteiger partial charge in [-0.05, 0) is 44.1 Å². The molecule has 2 fully saturated rings. The number of ketones is 1. The third kappa shape index (κ3) is 2.37. The van der Waals surface area contributed by atoms with Crippen molar-refractivity contribution in [2.75, 3.05) is 13.6 Å². The van der Waals surface area contributed by atoms with Crippen LogP contribution >= 0.6 is 0 Å². The van der Waals surface area contributed by atoms with Gasteiger partial charge in [-0.1, -0.05) is 6.07 Å². The molecule has 3 aliphatic rings. The molecule has 0 N–H and O–H groups in total. The summed E-state index contributed by atoms with van der Waals surface area (Å²) in [4.78, 5) is 14.0. The molecular formula is C17H20CfF2NO3-. The number of alkyl halides is 2. The molecule has 0 bridgehead atoms. The van der Waals surface area contributed by atoms with Crippen molar-refractivity contribution in [1.29, 1.82) is 0 Å². The van der Waals surface area contributed by atoms with Gasteiger partial charge in [0.15, 0.2) is 11.5 Å². The number of hydrogen-bond acceptors (Lipinski definition) is 4. The van der Waals surface area contributed by atoms with E-state index >= 15 is 0 Å².